The van der Waals surface area contributed by atoms with Crippen molar-refractivity contribution in [2.75, 3.05) is 46.1 Å². The van der Waals surface area contributed by atoms with E-state index >= 15 is 0 Å². The lowest BCUT2D eigenvalue weighted by molar-refractivity contribution is 0.0595. The van der Waals surface area contributed by atoms with Gasteiger partial charge in [0.1, 0.15) is 18.1 Å². The number of likely N-dealkylation sites (tertiary alicyclic amines) is 1. The summed E-state index contributed by atoms with van der Waals surface area (Å²) in [6, 6.07) is 7.79. The van der Waals surface area contributed by atoms with Gasteiger partial charge in [-0.3, -0.25) is 0 Å². The van der Waals surface area contributed by atoms with Gasteiger partial charge in [-0.1, -0.05) is 20.8 Å². The molecule has 136 valence electrons. The number of ether oxygens (including phenoxy) is 3. The van der Waals surface area contributed by atoms with Gasteiger partial charge in [-0.25, -0.2) is 0 Å². The fourth-order valence-corrected chi connectivity index (χ4v) is 3.34. The van der Waals surface area contributed by atoms with Crippen LogP contribution in [0, 0.1) is 11.8 Å². The van der Waals surface area contributed by atoms with Crippen LogP contribution in [0.3, 0.4) is 0 Å². The second-order valence-corrected chi connectivity index (χ2v) is 6.99. The normalized spacial score (nSPS) is 21.6. The number of rotatable bonds is 10. The molecular weight excluding hydrogens is 302 g/mol. The molecule has 1 aromatic carbocycles. The standard InChI is InChI=1S/C20H33NO3/c1-4-10-23-19-5-7-20(8-6-19)24-13-12-22-11-9-21-15-17(2)14-18(3)16-21/h5-8,17-18H,4,9-16H2,1-3H3/t17-,18+. The molecule has 0 saturated carbocycles. The minimum atomic E-state index is 0.585. The Hall–Kier alpha value is -1.26. The number of hydrogen-bond donors (Lipinski definition) is 0. The van der Waals surface area contributed by atoms with E-state index in [1.807, 2.05) is 24.3 Å². The maximum atomic E-state index is 5.71. The first-order valence-corrected chi connectivity index (χ1v) is 9.33. The first-order valence-electron chi connectivity index (χ1n) is 9.33. The van der Waals surface area contributed by atoms with Crippen molar-refractivity contribution >= 4 is 0 Å². The monoisotopic (exact) mass is 335 g/mol. The molecule has 2 rings (SSSR count). The molecule has 1 aliphatic rings. The van der Waals surface area contributed by atoms with Crippen molar-refractivity contribution < 1.29 is 14.2 Å². The van der Waals surface area contributed by atoms with Crippen LogP contribution in [0.25, 0.3) is 0 Å². The summed E-state index contributed by atoms with van der Waals surface area (Å²) < 4.78 is 17.0. The molecule has 0 aromatic heterocycles. The van der Waals surface area contributed by atoms with Crippen LogP contribution in [0.1, 0.15) is 33.6 Å². The van der Waals surface area contributed by atoms with Gasteiger partial charge in [0.25, 0.3) is 0 Å². The molecular formula is C20H33NO3. The summed E-state index contributed by atoms with van der Waals surface area (Å²) in [5.74, 6) is 3.37. The van der Waals surface area contributed by atoms with Crippen molar-refractivity contribution in [1.29, 1.82) is 0 Å². The first-order chi connectivity index (χ1) is 11.7. The first kappa shape index (κ1) is 19.1. The molecule has 0 aliphatic carbocycles. The van der Waals surface area contributed by atoms with Gasteiger partial charge in [-0.2, -0.15) is 0 Å². The molecule has 0 spiro atoms. The van der Waals surface area contributed by atoms with Gasteiger partial charge in [0.2, 0.25) is 0 Å². The van der Waals surface area contributed by atoms with Crippen LogP contribution in [-0.2, 0) is 4.74 Å². The highest BCUT2D eigenvalue weighted by Gasteiger charge is 2.21. The number of hydrogen-bond acceptors (Lipinski definition) is 4. The van der Waals surface area contributed by atoms with Gasteiger partial charge in [0.15, 0.2) is 0 Å². The molecule has 24 heavy (non-hydrogen) atoms. The van der Waals surface area contributed by atoms with Gasteiger partial charge in [0.05, 0.1) is 19.8 Å². The molecule has 0 unspecified atom stereocenters. The Morgan fingerprint density at radius 1 is 0.875 bits per heavy atom. The Labute approximate surface area is 147 Å². The quantitative estimate of drug-likeness (QED) is 0.608. The molecule has 0 bridgehead atoms. The van der Waals surface area contributed by atoms with Gasteiger partial charge >= 0.3 is 0 Å². The molecule has 4 nitrogen and oxygen atoms in total. The second kappa shape index (κ2) is 10.6. The molecule has 1 saturated heterocycles. The molecule has 1 aliphatic heterocycles. The van der Waals surface area contributed by atoms with E-state index in [4.69, 9.17) is 14.2 Å². The Balaban J connectivity index is 1.53. The van der Waals surface area contributed by atoms with E-state index in [9.17, 15) is 0 Å². The van der Waals surface area contributed by atoms with Gasteiger partial charge in [-0.05, 0) is 48.9 Å². The van der Waals surface area contributed by atoms with Crippen molar-refractivity contribution in [2.24, 2.45) is 11.8 Å². The van der Waals surface area contributed by atoms with E-state index in [-0.39, 0.29) is 0 Å². The van der Waals surface area contributed by atoms with Crippen LogP contribution in [0.4, 0.5) is 0 Å². The topological polar surface area (TPSA) is 30.9 Å². The van der Waals surface area contributed by atoms with E-state index in [0.717, 1.165) is 49.5 Å². The Bertz CT molecular complexity index is 439. The molecule has 4 heteroatoms. The lowest BCUT2D eigenvalue weighted by Crippen LogP contribution is -2.40. The molecule has 0 N–H and O–H groups in total. The highest BCUT2D eigenvalue weighted by molar-refractivity contribution is 5.31. The maximum absolute atomic E-state index is 5.71. The summed E-state index contributed by atoms with van der Waals surface area (Å²) in [5, 5.41) is 0. The lowest BCUT2D eigenvalue weighted by Gasteiger charge is -2.34. The third-order valence-corrected chi connectivity index (χ3v) is 4.29. The average Bonchev–Trinajstić information content (AvgIpc) is 2.56. The Kier molecular flexibility index (Phi) is 8.40. The van der Waals surface area contributed by atoms with E-state index in [2.05, 4.69) is 25.7 Å². The molecule has 2 atom stereocenters. The number of piperidine rings is 1. The van der Waals surface area contributed by atoms with Crippen molar-refractivity contribution in [3.05, 3.63) is 24.3 Å². The summed E-state index contributed by atoms with van der Waals surface area (Å²) in [5.41, 5.74) is 0. The van der Waals surface area contributed by atoms with Gasteiger partial charge in [-0.15, -0.1) is 0 Å². The molecule has 0 amide bonds. The average molecular weight is 335 g/mol. The summed E-state index contributed by atoms with van der Waals surface area (Å²) in [6.07, 6.45) is 2.37. The number of benzene rings is 1. The Morgan fingerprint density at radius 3 is 2.04 bits per heavy atom. The van der Waals surface area contributed by atoms with Crippen molar-refractivity contribution in [1.82, 2.24) is 4.90 Å². The Morgan fingerprint density at radius 2 is 1.46 bits per heavy atom. The third kappa shape index (κ3) is 7.10. The zero-order valence-corrected chi connectivity index (χ0v) is 15.5. The van der Waals surface area contributed by atoms with Gasteiger partial charge < -0.3 is 19.1 Å². The highest BCUT2D eigenvalue weighted by atomic mass is 16.5. The molecule has 0 radical (unpaired) electrons. The zero-order chi connectivity index (χ0) is 17.2. The molecule has 1 fully saturated rings. The van der Waals surface area contributed by atoms with Crippen LogP contribution in [-0.4, -0.2) is 51.0 Å². The van der Waals surface area contributed by atoms with E-state index in [1.54, 1.807) is 0 Å². The predicted molar refractivity (Wildman–Crippen MR) is 97.9 cm³/mol. The van der Waals surface area contributed by atoms with Crippen LogP contribution >= 0.6 is 0 Å². The predicted octanol–water partition coefficient (Wildman–Crippen LogP) is 3.85. The van der Waals surface area contributed by atoms with Crippen molar-refractivity contribution in [2.45, 2.75) is 33.6 Å². The molecule has 1 heterocycles. The largest absolute Gasteiger partial charge is 0.494 e. The summed E-state index contributed by atoms with van der Waals surface area (Å²) in [4.78, 5) is 2.52. The minimum Gasteiger partial charge on any atom is -0.494 e. The van der Waals surface area contributed by atoms with E-state index in [0.29, 0.717) is 13.2 Å². The van der Waals surface area contributed by atoms with Crippen molar-refractivity contribution in [3.8, 4) is 11.5 Å². The number of nitrogens with zero attached hydrogens (tertiary/aromatic N) is 1. The molecule has 1 aromatic rings. The maximum Gasteiger partial charge on any atom is 0.119 e. The minimum absolute atomic E-state index is 0.585. The highest BCUT2D eigenvalue weighted by Crippen LogP contribution is 2.20. The fraction of sp³-hybridized carbons (Fsp3) is 0.700. The van der Waals surface area contributed by atoms with Crippen molar-refractivity contribution in [3.63, 3.8) is 0 Å². The SMILES string of the molecule is CCCOc1ccc(OCCOCCN2C[C@H](C)C[C@H](C)C2)cc1. The lowest BCUT2D eigenvalue weighted by atomic mass is 9.92. The van der Waals surface area contributed by atoms with Crippen LogP contribution in [0.2, 0.25) is 0 Å². The zero-order valence-electron chi connectivity index (χ0n) is 15.5. The summed E-state index contributed by atoms with van der Waals surface area (Å²) >= 11 is 0. The van der Waals surface area contributed by atoms with Crippen LogP contribution in [0.15, 0.2) is 24.3 Å². The second-order valence-electron chi connectivity index (χ2n) is 6.99. The summed E-state index contributed by atoms with van der Waals surface area (Å²) in [6.45, 7) is 13.0. The fourth-order valence-electron chi connectivity index (χ4n) is 3.34. The summed E-state index contributed by atoms with van der Waals surface area (Å²) in [7, 11) is 0. The van der Waals surface area contributed by atoms with Gasteiger partial charge in [0, 0.05) is 19.6 Å². The van der Waals surface area contributed by atoms with E-state index in [1.165, 1.54) is 19.5 Å². The van der Waals surface area contributed by atoms with E-state index < -0.39 is 0 Å². The smallest absolute Gasteiger partial charge is 0.119 e. The van der Waals surface area contributed by atoms with Crippen LogP contribution in [0.5, 0.6) is 11.5 Å². The third-order valence-electron chi connectivity index (χ3n) is 4.29. The van der Waals surface area contributed by atoms with Crippen LogP contribution < -0.4 is 9.47 Å².